The first-order valence-electron chi connectivity index (χ1n) is 17.5. The number of carbonyl (C=O) groups is 2. The molecule has 0 bridgehead atoms. The molecule has 1 aliphatic carbocycles. The third-order valence-electron chi connectivity index (χ3n) is 10.9. The van der Waals surface area contributed by atoms with E-state index in [2.05, 4.69) is 30.3 Å². The maximum Gasteiger partial charge on any atom is 0.318 e. The van der Waals surface area contributed by atoms with Gasteiger partial charge < -0.3 is 34.4 Å². The van der Waals surface area contributed by atoms with Gasteiger partial charge >= 0.3 is 6.03 Å². The van der Waals surface area contributed by atoms with Gasteiger partial charge in [0.1, 0.15) is 17.9 Å². The molecule has 48 heavy (non-hydrogen) atoms. The van der Waals surface area contributed by atoms with E-state index in [9.17, 15) is 14.0 Å². The van der Waals surface area contributed by atoms with Gasteiger partial charge in [-0.2, -0.15) is 0 Å². The Morgan fingerprint density at radius 1 is 1.08 bits per heavy atom. The molecule has 2 spiro atoms. The molecule has 262 valence electrons. The summed E-state index contributed by atoms with van der Waals surface area (Å²) in [6.45, 7) is 14.7. The first-order valence-corrected chi connectivity index (χ1v) is 17.5. The van der Waals surface area contributed by atoms with Crippen molar-refractivity contribution in [3.63, 3.8) is 0 Å². The van der Waals surface area contributed by atoms with Gasteiger partial charge in [0, 0.05) is 57.3 Å². The summed E-state index contributed by atoms with van der Waals surface area (Å²) in [5, 5.41) is 11.5. The average molecular weight is 667 g/mol. The Bertz CT molecular complexity index is 1440. The van der Waals surface area contributed by atoms with E-state index in [0.29, 0.717) is 24.9 Å². The predicted molar refractivity (Wildman–Crippen MR) is 180 cm³/mol. The van der Waals surface area contributed by atoms with Gasteiger partial charge in [0.25, 0.3) is 11.8 Å². The van der Waals surface area contributed by atoms with Crippen LogP contribution in [0.1, 0.15) is 76.6 Å². The second-order valence-electron chi connectivity index (χ2n) is 15.0. The lowest BCUT2D eigenvalue weighted by Crippen LogP contribution is -2.61. The number of aromatic nitrogens is 3. The van der Waals surface area contributed by atoms with Crippen molar-refractivity contribution in [3.05, 3.63) is 35.9 Å². The molecule has 0 unspecified atom stereocenters. The highest BCUT2D eigenvalue weighted by Crippen LogP contribution is 2.45. The van der Waals surface area contributed by atoms with Crippen molar-refractivity contribution in [2.75, 3.05) is 64.4 Å². The smallest absolute Gasteiger partial charge is 0.318 e. The van der Waals surface area contributed by atoms with Crippen LogP contribution < -0.4 is 15.0 Å². The Morgan fingerprint density at radius 2 is 1.79 bits per heavy atom. The van der Waals surface area contributed by atoms with Gasteiger partial charge in [-0.1, -0.05) is 0 Å². The van der Waals surface area contributed by atoms with Crippen molar-refractivity contribution in [3.8, 4) is 11.6 Å². The van der Waals surface area contributed by atoms with E-state index < -0.39 is 5.82 Å². The van der Waals surface area contributed by atoms with E-state index in [1.807, 2.05) is 32.6 Å². The summed E-state index contributed by atoms with van der Waals surface area (Å²) >= 11 is 0. The number of halogens is 1. The fourth-order valence-corrected chi connectivity index (χ4v) is 8.27. The van der Waals surface area contributed by atoms with Crippen molar-refractivity contribution >= 4 is 17.8 Å². The second-order valence-corrected chi connectivity index (χ2v) is 15.0. The standard InChI is InChI=1S/C35H51FN8O4/c1-24(2)44(25(3)4)32(45)28-18-27(36)6-7-29(28)48-31-30(37-23-38-40-31)43-20-34(21-43)12-14-41(15-13-34)19-26-8-10-35(11-9-26)22-42(16-17-47-5)33(46)39-35/h6-7,18,23-26H,8-17,19-22H2,1-5H3,(H,39,46). The SMILES string of the molecule is COCCN1CC2(CCC(CN3CCC4(CC3)CN(c3ncnnc3Oc3ccc(F)cc3C(=O)N(C(C)C)C(C)C)C4)CC2)NC1=O. The molecule has 12 nitrogen and oxygen atoms in total. The third-order valence-corrected chi connectivity index (χ3v) is 10.9. The maximum atomic E-state index is 14.4. The molecule has 4 aliphatic rings. The van der Waals surface area contributed by atoms with Gasteiger partial charge in [-0.15, -0.1) is 10.2 Å². The fraction of sp³-hybridized carbons (Fsp3) is 0.686. The van der Waals surface area contributed by atoms with Gasteiger partial charge in [0.2, 0.25) is 0 Å². The number of methoxy groups -OCH3 is 1. The molecule has 0 radical (unpaired) electrons. The molecule has 1 aromatic heterocycles. The van der Waals surface area contributed by atoms with Crippen molar-refractivity contribution in [2.45, 2.75) is 83.8 Å². The van der Waals surface area contributed by atoms with Crippen LogP contribution in [-0.2, 0) is 4.74 Å². The predicted octanol–water partition coefficient (Wildman–Crippen LogP) is 4.56. The van der Waals surface area contributed by atoms with Crippen molar-refractivity contribution in [1.82, 2.24) is 35.2 Å². The number of rotatable bonds is 11. The van der Waals surface area contributed by atoms with Crippen LogP contribution in [0.2, 0.25) is 0 Å². The monoisotopic (exact) mass is 666 g/mol. The van der Waals surface area contributed by atoms with Gasteiger partial charge in [-0.25, -0.2) is 14.2 Å². The number of likely N-dealkylation sites (tertiary alicyclic amines) is 1. The molecule has 1 saturated carbocycles. The third kappa shape index (κ3) is 7.22. The van der Waals surface area contributed by atoms with E-state index in [-0.39, 0.29) is 52.2 Å². The minimum atomic E-state index is -0.508. The summed E-state index contributed by atoms with van der Waals surface area (Å²) in [5.41, 5.74) is 0.296. The molecular weight excluding hydrogens is 615 g/mol. The van der Waals surface area contributed by atoms with Crippen LogP contribution in [0.4, 0.5) is 15.0 Å². The van der Waals surface area contributed by atoms with Gasteiger partial charge in [-0.05, 0) is 103 Å². The van der Waals surface area contributed by atoms with Crippen LogP contribution in [0.25, 0.3) is 0 Å². The van der Waals surface area contributed by atoms with Gasteiger partial charge in [0.15, 0.2) is 5.82 Å². The van der Waals surface area contributed by atoms with Crippen LogP contribution >= 0.6 is 0 Å². The number of urea groups is 1. The Balaban J connectivity index is 1.02. The van der Waals surface area contributed by atoms with E-state index >= 15 is 0 Å². The first-order chi connectivity index (χ1) is 23.0. The highest BCUT2D eigenvalue weighted by atomic mass is 19.1. The number of hydrogen-bond acceptors (Lipinski definition) is 9. The lowest BCUT2D eigenvalue weighted by Gasteiger charge is -2.54. The van der Waals surface area contributed by atoms with E-state index in [1.54, 1.807) is 12.0 Å². The molecule has 3 saturated heterocycles. The summed E-state index contributed by atoms with van der Waals surface area (Å²) < 4.78 is 25.7. The van der Waals surface area contributed by atoms with Crippen LogP contribution in [-0.4, -0.2) is 119 Å². The molecule has 13 heteroatoms. The van der Waals surface area contributed by atoms with Crippen LogP contribution in [0.3, 0.4) is 0 Å². The molecule has 1 aromatic carbocycles. The van der Waals surface area contributed by atoms with E-state index in [1.165, 1.54) is 24.5 Å². The first kappa shape index (κ1) is 34.3. The Kier molecular flexibility index (Phi) is 10.1. The summed E-state index contributed by atoms with van der Waals surface area (Å²) in [7, 11) is 1.67. The summed E-state index contributed by atoms with van der Waals surface area (Å²) in [4.78, 5) is 38.9. The van der Waals surface area contributed by atoms with Crippen molar-refractivity contribution < 1.29 is 23.5 Å². The van der Waals surface area contributed by atoms with Crippen molar-refractivity contribution in [1.29, 1.82) is 0 Å². The molecule has 3 aliphatic heterocycles. The Labute approximate surface area is 283 Å². The largest absolute Gasteiger partial charge is 0.434 e. The van der Waals surface area contributed by atoms with Gasteiger partial charge in [0.05, 0.1) is 17.7 Å². The van der Waals surface area contributed by atoms with E-state index in [4.69, 9.17) is 9.47 Å². The molecule has 4 heterocycles. The number of anilines is 1. The fourth-order valence-electron chi connectivity index (χ4n) is 8.27. The number of nitrogens with zero attached hydrogens (tertiary/aromatic N) is 7. The van der Waals surface area contributed by atoms with Crippen LogP contribution in [0.5, 0.6) is 11.6 Å². The van der Waals surface area contributed by atoms with Crippen molar-refractivity contribution in [2.24, 2.45) is 11.3 Å². The summed E-state index contributed by atoms with van der Waals surface area (Å²) in [6, 6.07) is 3.89. The number of ether oxygens (including phenoxy) is 2. The lowest BCUT2D eigenvalue weighted by molar-refractivity contribution is 0.0581. The maximum absolute atomic E-state index is 14.4. The average Bonchev–Trinajstić information content (AvgIpc) is 3.35. The molecule has 3 amide bonds. The number of benzene rings is 1. The van der Waals surface area contributed by atoms with Crippen LogP contribution in [0, 0.1) is 17.2 Å². The second kappa shape index (κ2) is 14.1. The topological polar surface area (TPSA) is 116 Å². The quantitative estimate of drug-likeness (QED) is 0.369. The molecular formula is C35H51FN8O4. The number of hydrogen-bond donors (Lipinski definition) is 1. The minimum Gasteiger partial charge on any atom is -0.434 e. The zero-order valence-electron chi connectivity index (χ0n) is 29.1. The Hall–Kier alpha value is -3.58. The minimum absolute atomic E-state index is 0.0488. The highest BCUT2D eigenvalue weighted by molar-refractivity contribution is 5.97. The number of nitrogens with one attached hydrogen (secondary N) is 1. The molecule has 1 N–H and O–H groups in total. The normalized spacial score (nSPS) is 24.0. The number of piperidine rings is 1. The zero-order valence-corrected chi connectivity index (χ0v) is 29.1. The van der Waals surface area contributed by atoms with E-state index in [0.717, 1.165) is 77.8 Å². The summed E-state index contributed by atoms with van der Waals surface area (Å²) in [5.74, 6) is 0.877. The zero-order chi connectivity index (χ0) is 34.1. The summed E-state index contributed by atoms with van der Waals surface area (Å²) in [6.07, 6.45) is 8.02. The molecule has 4 fully saturated rings. The van der Waals surface area contributed by atoms with Crippen LogP contribution in [0.15, 0.2) is 24.5 Å². The molecule has 6 rings (SSSR count). The number of amides is 3. The Morgan fingerprint density at radius 3 is 2.46 bits per heavy atom. The van der Waals surface area contributed by atoms with Gasteiger partial charge in [-0.3, -0.25) is 4.79 Å². The number of carbonyl (C=O) groups excluding carboxylic acids is 2. The highest BCUT2D eigenvalue weighted by Gasteiger charge is 2.48. The lowest BCUT2D eigenvalue weighted by atomic mass is 9.71. The molecule has 0 atom stereocenters. The molecule has 2 aromatic rings.